The predicted octanol–water partition coefficient (Wildman–Crippen LogP) is 2.24. The quantitative estimate of drug-likeness (QED) is 0.770. The number of carbonyl (C=O) groups is 1. The van der Waals surface area contributed by atoms with E-state index in [9.17, 15) is 4.79 Å². The summed E-state index contributed by atoms with van der Waals surface area (Å²) in [6.07, 6.45) is 5.62. The van der Waals surface area contributed by atoms with Crippen LogP contribution in [-0.2, 0) is 0 Å². The van der Waals surface area contributed by atoms with Gasteiger partial charge in [0.2, 0.25) is 0 Å². The van der Waals surface area contributed by atoms with Gasteiger partial charge >= 0.3 is 0 Å². The Labute approximate surface area is 89.9 Å². The van der Waals surface area contributed by atoms with E-state index in [0.717, 1.165) is 19.5 Å². The first-order valence-electron chi connectivity index (χ1n) is 5.63. The van der Waals surface area contributed by atoms with Gasteiger partial charge in [0.1, 0.15) is 0 Å². The van der Waals surface area contributed by atoms with Crippen molar-refractivity contribution < 1.29 is 9.21 Å². The first-order chi connectivity index (χ1) is 7.36. The van der Waals surface area contributed by atoms with Crippen molar-refractivity contribution in [2.75, 3.05) is 13.1 Å². The highest BCUT2D eigenvalue weighted by Gasteiger charge is 2.16. The van der Waals surface area contributed by atoms with Gasteiger partial charge in [0.15, 0.2) is 11.5 Å². The van der Waals surface area contributed by atoms with Crippen LogP contribution in [0.3, 0.4) is 0 Å². The number of hydrogen-bond acceptors (Lipinski definition) is 3. The van der Waals surface area contributed by atoms with Crippen molar-refractivity contribution in [3.8, 4) is 0 Å². The van der Waals surface area contributed by atoms with Gasteiger partial charge in [-0.15, -0.1) is 0 Å². The Hall–Kier alpha value is -1.09. The van der Waals surface area contributed by atoms with Crippen molar-refractivity contribution in [3.63, 3.8) is 0 Å². The molecule has 0 aromatic carbocycles. The molecule has 2 heterocycles. The lowest BCUT2D eigenvalue weighted by molar-refractivity contribution is 0.0944. The van der Waals surface area contributed by atoms with Gasteiger partial charge in [0.25, 0.3) is 0 Å². The van der Waals surface area contributed by atoms with Crippen LogP contribution in [0.2, 0.25) is 0 Å². The molecule has 1 fully saturated rings. The second kappa shape index (κ2) is 5.12. The average molecular weight is 207 g/mol. The van der Waals surface area contributed by atoms with Crippen LogP contribution < -0.4 is 5.32 Å². The number of carbonyl (C=O) groups excluding carboxylic acids is 1. The predicted molar refractivity (Wildman–Crippen MR) is 57.9 cm³/mol. The lowest BCUT2D eigenvalue weighted by Gasteiger charge is -2.21. The van der Waals surface area contributed by atoms with Gasteiger partial charge in [-0.2, -0.15) is 0 Å². The molecular formula is C12H17NO2. The minimum absolute atomic E-state index is 0.130. The van der Waals surface area contributed by atoms with Crippen LogP contribution >= 0.6 is 0 Å². The number of furan rings is 1. The lowest BCUT2D eigenvalue weighted by Crippen LogP contribution is -2.29. The molecule has 3 nitrogen and oxygen atoms in total. The van der Waals surface area contributed by atoms with Crippen molar-refractivity contribution in [2.24, 2.45) is 5.92 Å². The van der Waals surface area contributed by atoms with Gasteiger partial charge in [-0.25, -0.2) is 0 Å². The van der Waals surface area contributed by atoms with Gasteiger partial charge < -0.3 is 9.73 Å². The number of piperidine rings is 1. The van der Waals surface area contributed by atoms with Crippen molar-refractivity contribution in [2.45, 2.75) is 25.7 Å². The monoisotopic (exact) mass is 207 g/mol. The standard InChI is InChI=1S/C12H17NO2/c14-11(12-4-2-8-15-12)6-5-10-3-1-7-13-9-10/h2,4,8,10,13H,1,3,5-7,9H2. The third kappa shape index (κ3) is 2.93. The molecule has 1 N–H and O–H groups in total. The second-order valence-electron chi connectivity index (χ2n) is 4.15. The Morgan fingerprint density at radius 2 is 2.53 bits per heavy atom. The summed E-state index contributed by atoms with van der Waals surface area (Å²) in [5, 5.41) is 3.36. The fraction of sp³-hybridized carbons (Fsp3) is 0.583. The maximum absolute atomic E-state index is 11.6. The Balaban J connectivity index is 1.75. The van der Waals surface area contributed by atoms with Gasteiger partial charge in [-0.3, -0.25) is 4.79 Å². The van der Waals surface area contributed by atoms with Crippen LogP contribution in [-0.4, -0.2) is 18.9 Å². The lowest BCUT2D eigenvalue weighted by atomic mass is 9.93. The van der Waals surface area contributed by atoms with Crippen molar-refractivity contribution in [1.29, 1.82) is 0 Å². The summed E-state index contributed by atoms with van der Waals surface area (Å²) in [6.45, 7) is 2.19. The molecular weight excluding hydrogens is 190 g/mol. The summed E-state index contributed by atoms with van der Waals surface area (Å²) in [7, 11) is 0. The summed E-state index contributed by atoms with van der Waals surface area (Å²) >= 11 is 0. The molecule has 1 aromatic rings. The zero-order chi connectivity index (χ0) is 10.5. The molecule has 0 radical (unpaired) electrons. The fourth-order valence-corrected chi connectivity index (χ4v) is 2.07. The zero-order valence-corrected chi connectivity index (χ0v) is 8.87. The molecule has 1 aliphatic rings. The molecule has 0 saturated carbocycles. The van der Waals surface area contributed by atoms with E-state index in [-0.39, 0.29) is 5.78 Å². The largest absolute Gasteiger partial charge is 0.461 e. The molecule has 0 aliphatic carbocycles. The van der Waals surface area contributed by atoms with E-state index in [1.165, 1.54) is 12.8 Å². The van der Waals surface area contributed by atoms with Crippen molar-refractivity contribution in [3.05, 3.63) is 24.2 Å². The normalized spacial score (nSPS) is 21.5. The Bertz CT molecular complexity index is 299. The molecule has 82 valence electrons. The first-order valence-corrected chi connectivity index (χ1v) is 5.63. The van der Waals surface area contributed by atoms with Gasteiger partial charge in [-0.05, 0) is 50.4 Å². The minimum atomic E-state index is 0.130. The van der Waals surface area contributed by atoms with E-state index in [1.807, 2.05) is 0 Å². The van der Waals surface area contributed by atoms with Gasteiger partial charge in [-0.1, -0.05) is 0 Å². The number of Topliss-reactive ketones (excluding diaryl/α,β-unsaturated/α-hetero) is 1. The number of ketones is 1. The van der Waals surface area contributed by atoms with Crippen LogP contribution in [0.5, 0.6) is 0 Å². The van der Waals surface area contributed by atoms with Gasteiger partial charge in [0.05, 0.1) is 6.26 Å². The van der Waals surface area contributed by atoms with E-state index in [4.69, 9.17) is 4.42 Å². The molecule has 0 bridgehead atoms. The summed E-state index contributed by atoms with van der Waals surface area (Å²) in [5.41, 5.74) is 0. The molecule has 1 aromatic heterocycles. The van der Waals surface area contributed by atoms with Crippen LogP contribution in [0.4, 0.5) is 0 Å². The highest BCUT2D eigenvalue weighted by Crippen LogP contribution is 2.17. The number of nitrogens with one attached hydrogen (secondary N) is 1. The zero-order valence-electron chi connectivity index (χ0n) is 8.87. The summed E-state index contributed by atoms with van der Waals surface area (Å²) in [5.74, 6) is 1.29. The molecule has 1 saturated heterocycles. The molecule has 3 heteroatoms. The molecule has 0 spiro atoms. The Kier molecular flexibility index (Phi) is 3.56. The first kappa shape index (κ1) is 10.4. The third-order valence-corrected chi connectivity index (χ3v) is 2.97. The number of rotatable bonds is 4. The van der Waals surface area contributed by atoms with Crippen LogP contribution in [0, 0.1) is 5.92 Å². The van der Waals surface area contributed by atoms with E-state index in [2.05, 4.69) is 5.32 Å². The fourth-order valence-electron chi connectivity index (χ4n) is 2.07. The van der Waals surface area contributed by atoms with Crippen molar-refractivity contribution >= 4 is 5.78 Å². The van der Waals surface area contributed by atoms with E-state index in [1.54, 1.807) is 18.4 Å². The SMILES string of the molecule is O=C(CCC1CCCNC1)c1ccco1. The smallest absolute Gasteiger partial charge is 0.197 e. The number of hydrogen-bond donors (Lipinski definition) is 1. The van der Waals surface area contributed by atoms with Crippen LogP contribution in [0.1, 0.15) is 36.2 Å². The molecule has 15 heavy (non-hydrogen) atoms. The third-order valence-electron chi connectivity index (χ3n) is 2.97. The Morgan fingerprint density at radius 3 is 3.20 bits per heavy atom. The summed E-state index contributed by atoms with van der Waals surface area (Å²) in [6, 6.07) is 3.50. The molecule has 1 unspecified atom stereocenters. The topological polar surface area (TPSA) is 42.2 Å². The summed E-state index contributed by atoms with van der Waals surface area (Å²) in [4.78, 5) is 11.6. The summed E-state index contributed by atoms with van der Waals surface area (Å²) < 4.78 is 5.07. The van der Waals surface area contributed by atoms with Crippen LogP contribution in [0.25, 0.3) is 0 Å². The maximum Gasteiger partial charge on any atom is 0.197 e. The average Bonchev–Trinajstić information content (AvgIpc) is 2.81. The Morgan fingerprint density at radius 1 is 1.60 bits per heavy atom. The molecule has 1 aliphatic heterocycles. The van der Waals surface area contributed by atoms with E-state index < -0.39 is 0 Å². The van der Waals surface area contributed by atoms with Crippen molar-refractivity contribution in [1.82, 2.24) is 5.32 Å². The second-order valence-corrected chi connectivity index (χ2v) is 4.15. The molecule has 0 amide bonds. The molecule has 1 atom stereocenters. The highest BCUT2D eigenvalue weighted by molar-refractivity contribution is 5.93. The van der Waals surface area contributed by atoms with E-state index >= 15 is 0 Å². The minimum Gasteiger partial charge on any atom is -0.461 e. The highest BCUT2D eigenvalue weighted by atomic mass is 16.3. The van der Waals surface area contributed by atoms with Crippen LogP contribution in [0.15, 0.2) is 22.8 Å². The van der Waals surface area contributed by atoms with Gasteiger partial charge in [0, 0.05) is 6.42 Å². The maximum atomic E-state index is 11.6. The van der Waals surface area contributed by atoms with E-state index in [0.29, 0.717) is 18.1 Å². The molecule has 2 rings (SSSR count).